The standard InChI is InChI=1S/C33H30N6O3S/c1-23-9-11-24(12-10-23)20-29-35-32(30-31(37-42-33(30)36-29)27-8-4-15-34-22-27)38-16-5-17-39(19-18-38)43(40,41)28-14-13-25-6-2-3-7-26(25)21-28/h2-4,6-15,21-22H,5,16-20H2,1H3. The number of hydrogen-bond acceptors (Lipinski definition) is 8. The fourth-order valence-electron chi connectivity index (χ4n) is 5.60. The molecule has 0 atom stereocenters. The van der Waals surface area contributed by atoms with Crippen molar-refractivity contribution >= 4 is 37.7 Å². The number of pyridine rings is 1. The number of sulfonamides is 1. The van der Waals surface area contributed by atoms with Crippen LogP contribution in [0.5, 0.6) is 0 Å². The molecule has 0 N–H and O–H groups in total. The van der Waals surface area contributed by atoms with E-state index >= 15 is 0 Å². The van der Waals surface area contributed by atoms with Crippen LogP contribution >= 0.6 is 0 Å². The van der Waals surface area contributed by atoms with Gasteiger partial charge in [0.25, 0.3) is 5.71 Å². The van der Waals surface area contributed by atoms with Crippen molar-refractivity contribution in [1.29, 1.82) is 0 Å². The first-order valence-corrected chi connectivity index (χ1v) is 15.8. The maximum atomic E-state index is 13.8. The number of hydrogen-bond donors (Lipinski definition) is 0. The third kappa shape index (κ3) is 5.35. The Balaban J connectivity index is 1.24. The highest BCUT2D eigenvalue weighted by Gasteiger charge is 2.30. The molecule has 0 radical (unpaired) electrons. The highest BCUT2D eigenvalue weighted by molar-refractivity contribution is 7.89. The van der Waals surface area contributed by atoms with E-state index in [4.69, 9.17) is 14.5 Å². The normalized spacial score (nSPS) is 14.8. The molecule has 9 nitrogen and oxygen atoms in total. The molecular formula is C33H30N6O3S. The van der Waals surface area contributed by atoms with E-state index in [-0.39, 0.29) is 0 Å². The van der Waals surface area contributed by atoms with Crippen molar-refractivity contribution in [3.05, 3.63) is 108 Å². The molecule has 0 bridgehead atoms. The third-order valence-corrected chi connectivity index (χ3v) is 9.79. The Morgan fingerprint density at radius 2 is 1.70 bits per heavy atom. The number of anilines is 1. The van der Waals surface area contributed by atoms with Crippen LogP contribution < -0.4 is 4.90 Å². The van der Waals surface area contributed by atoms with E-state index in [0.29, 0.717) is 72.4 Å². The van der Waals surface area contributed by atoms with Gasteiger partial charge >= 0.3 is 0 Å². The molecule has 7 rings (SSSR count). The first kappa shape index (κ1) is 27.2. The molecule has 0 saturated carbocycles. The lowest BCUT2D eigenvalue weighted by Gasteiger charge is -2.23. The Labute approximate surface area is 249 Å². The molecule has 43 heavy (non-hydrogen) atoms. The quantitative estimate of drug-likeness (QED) is 0.246. The van der Waals surface area contributed by atoms with Gasteiger partial charge in [0.1, 0.15) is 22.7 Å². The summed E-state index contributed by atoms with van der Waals surface area (Å²) in [7, 11) is -3.68. The second kappa shape index (κ2) is 11.2. The van der Waals surface area contributed by atoms with Crippen LogP contribution in [0.4, 0.5) is 5.82 Å². The van der Waals surface area contributed by atoms with Gasteiger partial charge in [-0.25, -0.2) is 13.4 Å². The van der Waals surface area contributed by atoms with Gasteiger partial charge in [0.15, 0.2) is 0 Å². The lowest BCUT2D eigenvalue weighted by atomic mass is 10.1. The van der Waals surface area contributed by atoms with Crippen molar-refractivity contribution < 1.29 is 12.9 Å². The molecule has 1 fully saturated rings. The molecule has 1 aliphatic heterocycles. The smallest absolute Gasteiger partial charge is 0.263 e. The van der Waals surface area contributed by atoms with Gasteiger partial charge in [0, 0.05) is 50.6 Å². The van der Waals surface area contributed by atoms with E-state index in [2.05, 4.69) is 46.2 Å². The first-order valence-electron chi connectivity index (χ1n) is 14.3. The van der Waals surface area contributed by atoms with E-state index in [0.717, 1.165) is 21.9 Å². The average molecular weight is 591 g/mol. The predicted molar refractivity (Wildman–Crippen MR) is 166 cm³/mol. The molecule has 3 aromatic heterocycles. The fraction of sp³-hybridized carbons (Fsp3) is 0.212. The minimum absolute atomic E-state index is 0.308. The summed E-state index contributed by atoms with van der Waals surface area (Å²) in [6.07, 6.45) is 4.62. The molecule has 0 unspecified atom stereocenters. The summed E-state index contributed by atoms with van der Waals surface area (Å²) in [6.45, 7) is 3.87. The Kier molecular flexibility index (Phi) is 7.08. The Morgan fingerprint density at radius 3 is 2.51 bits per heavy atom. The van der Waals surface area contributed by atoms with Crippen molar-refractivity contribution in [3.63, 3.8) is 0 Å². The zero-order valence-electron chi connectivity index (χ0n) is 23.7. The summed E-state index contributed by atoms with van der Waals surface area (Å²) in [4.78, 5) is 16.5. The second-order valence-corrected chi connectivity index (χ2v) is 12.8. The Morgan fingerprint density at radius 1 is 0.860 bits per heavy atom. The number of rotatable bonds is 6. The third-order valence-electron chi connectivity index (χ3n) is 7.89. The summed E-state index contributed by atoms with van der Waals surface area (Å²) in [5.41, 5.74) is 4.09. The minimum Gasteiger partial charge on any atom is -0.354 e. The highest BCUT2D eigenvalue weighted by Crippen LogP contribution is 2.34. The molecule has 3 aromatic carbocycles. The van der Waals surface area contributed by atoms with E-state index in [1.807, 2.05) is 42.5 Å². The molecule has 216 valence electrons. The van der Waals surface area contributed by atoms with Crippen molar-refractivity contribution in [1.82, 2.24) is 24.4 Å². The van der Waals surface area contributed by atoms with E-state index < -0.39 is 10.0 Å². The van der Waals surface area contributed by atoms with E-state index in [1.54, 1.807) is 28.8 Å². The summed E-state index contributed by atoms with van der Waals surface area (Å²) in [5.74, 6) is 1.31. The van der Waals surface area contributed by atoms with Crippen LogP contribution in [0.2, 0.25) is 0 Å². The van der Waals surface area contributed by atoms with Crippen LogP contribution in [0, 0.1) is 6.92 Å². The molecule has 0 aliphatic carbocycles. The SMILES string of the molecule is Cc1ccc(Cc2nc(N3CCCN(S(=O)(=O)c4ccc5ccccc5c4)CC3)c3c(-c4cccnc4)noc3n2)cc1. The van der Waals surface area contributed by atoms with Crippen LogP contribution in [-0.4, -0.2) is 59.0 Å². The molecule has 10 heteroatoms. The minimum atomic E-state index is -3.68. The maximum absolute atomic E-state index is 13.8. The second-order valence-electron chi connectivity index (χ2n) is 10.8. The Bertz CT molecular complexity index is 2030. The van der Waals surface area contributed by atoms with Crippen LogP contribution in [-0.2, 0) is 16.4 Å². The van der Waals surface area contributed by atoms with Gasteiger partial charge in [-0.1, -0.05) is 65.3 Å². The number of benzene rings is 3. The van der Waals surface area contributed by atoms with E-state index in [1.165, 1.54) is 5.56 Å². The van der Waals surface area contributed by atoms with E-state index in [9.17, 15) is 8.42 Å². The number of aryl methyl sites for hydroxylation is 1. The van der Waals surface area contributed by atoms with Gasteiger partial charge in [0.2, 0.25) is 10.0 Å². The zero-order chi connectivity index (χ0) is 29.4. The zero-order valence-corrected chi connectivity index (χ0v) is 24.5. The molecular weight excluding hydrogens is 560 g/mol. The van der Waals surface area contributed by atoms with Crippen LogP contribution in [0.1, 0.15) is 23.4 Å². The fourth-order valence-corrected chi connectivity index (χ4v) is 7.10. The van der Waals surface area contributed by atoms with Gasteiger partial charge in [-0.3, -0.25) is 4.98 Å². The Hall–Kier alpha value is -4.67. The molecule has 6 aromatic rings. The number of nitrogens with zero attached hydrogens (tertiary/aromatic N) is 6. The monoisotopic (exact) mass is 590 g/mol. The lowest BCUT2D eigenvalue weighted by Crippen LogP contribution is -2.35. The number of aromatic nitrogens is 4. The summed E-state index contributed by atoms with van der Waals surface area (Å²) < 4.78 is 34.9. The highest BCUT2D eigenvalue weighted by atomic mass is 32.2. The summed E-state index contributed by atoms with van der Waals surface area (Å²) in [5, 5.41) is 6.99. The topological polar surface area (TPSA) is 105 Å². The van der Waals surface area contributed by atoms with Crippen molar-refractivity contribution in [2.45, 2.75) is 24.7 Å². The van der Waals surface area contributed by atoms with Crippen LogP contribution in [0.3, 0.4) is 0 Å². The van der Waals surface area contributed by atoms with Crippen molar-refractivity contribution in [2.24, 2.45) is 0 Å². The van der Waals surface area contributed by atoms with Crippen molar-refractivity contribution in [2.75, 3.05) is 31.1 Å². The van der Waals surface area contributed by atoms with Gasteiger partial charge in [-0.15, -0.1) is 0 Å². The summed E-state index contributed by atoms with van der Waals surface area (Å²) in [6, 6.07) is 25.2. The first-order chi connectivity index (χ1) is 21.0. The molecule has 1 aliphatic rings. The summed E-state index contributed by atoms with van der Waals surface area (Å²) >= 11 is 0. The van der Waals surface area contributed by atoms with Gasteiger partial charge < -0.3 is 9.42 Å². The molecule has 4 heterocycles. The maximum Gasteiger partial charge on any atom is 0.263 e. The lowest BCUT2D eigenvalue weighted by molar-refractivity contribution is 0.433. The van der Waals surface area contributed by atoms with Gasteiger partial charge in [0.05, 0.1) is 4.90 Å². The molecule has 0 amide bonds. The van der Waals surface area contributed by atoms with Crippen molar-refractivity contribution in [3.8, 4) is 11.3 Å². The van der Waals surface area contributed by atoms with Gasteiger partial charge in [-0.2, -0.15) is 9.29 Å². The van der Waals surface area contributed by atoms with Gasteiger partial charge in [-0.05, 0) is 53.9 Å². The molecule has 1 saturated heterocycles. The van der Waals surface area contributed by atoms with Crippen LogP contribution in [0.15, 0.2) is 101 Å². The van der Waals surface area contributed by atoms with Crippen LogP contribution in [0.25, 0.3) is 33.1 Å². The number of fused-ring (bicyclic) bond motifs is 2. The largest absolute Gasteiger partial charge is 0.354 e. The predicted octanol–water partition coefficient (Wildman–Crippen LogP) is 5.63. The average Bonchev–Trinajstić information content (AvgIpc) is 3.30. The molecule has 0 spiro atoms.